The number of nitrogens with one attached hydrogen (secondary N) is 2. The van der Waals surface area contributed by atoms with Gasteiger partial charge in [0.05, 0.1) is 19.8 Å². The molecule has 2 aromatic rings. The van der Waals surface area contributed by atoms with Gasteiger partial charge in [-0.25, -0.2) is 0 Å². The number of benzene rings is 2. The molecule has 0 aromatic heterocycles. The van der Waals surface area contributed by atoms with E-state index >= 15 is 0 Å². The molecule has 0 saturated heterocycles. The summed E-state index contributed by atoms with van der Waals surface area (Å²) < 4.78 is 5.15. The molecule has 5 nitrogen and oxygen atoms in total. The summed E-state index contributed by atoms with van der Waals surface area (Å²) >= 11 is 0. The van der Waals surface area contributed by atoms with Gasteiger partial charge in [0.15, 0.2) is 5.96 Å². The monoisotopic (exact) mass is 369 g/mol. The first-order chi connectivity index (χ1) is 13.0. The fourth-order valence-electron chi connectivity index (χ4n) is 2.74. The molecule has 146 valence electrons. The molecule has 0 radical (unpaired) electrons. The fourth-order valence-corrected chi connectivity index (χ4v) is 2.74. The fraction of sp³-hybridized carbons (Fsp3) is 0.409. The first kappa shape index (κ1) is 20.8. The topological polar surface area (TPSA) is 65.9 Å². The molecule has 0 fully saturated rings. The molecule has 1 atom stereocenters. The van der Waals surface area contributed by atoms with Crippen LogP contribution in [0, 0.1) is 0 Å². The average Bonchev–Trinajstić information content (AvgIpc) is 2.70. The van der Waals surface area contributed by atoms with Gasteiger partial charge in [0.2, 0.25) is 0 Å². The summed E-state index contributed by atoms with van der Waals surface area (Å²) in [5, 5.41) is 16.9. The van der Waals surface area contributed by atoms with Crippen molar-refractivity contribution in [2.75, 3.05) is 26.7 Å². The molecule has 0 heterocycles. The Labute approximate surface area is 162 Å². The smallest absolute Gasteiger partial charge is 0.191 e. The summed E-state index contributed by atoms with van der Waals surface area (Å²) in [6.45, 7) is 8.17. The van der Waals surface area contributed by atoms with Gasteiger partial charge in [0, 0.05) is 18.5 Å². The van der Waals surface area contributed by atoms with E-state index in [1.165, 1.54) is 5.56 Å². The standard InChI is InChI=1S/C22H31N3O2/c1-5-23-21(25-16-22(2,3)18-9-7-6-8-10-18)24-15-20(26)17-11-13-19(27-4)14-12-17/h6-14,20,26H,5,15-16H2,1-4H3,(H2,23,24,25). The van der Waals surface area contributed by atoms with Gasteiger partial charge in [-0.1, -0.05) is 56.3 Å². The molecule has 2 aromatic carbocycles. The Morgan fingerprint density at radius 2 is 1.74 bits per heavy atom. The zero-order chi connectivity index (χ0) is 19.7. The first-order valence-electron chi connectivity index (χ1n) is 9.36. The molecule has 0 aliphatic rings. The number of ether oxygens (including phenoxy) is 1. The molecule has 0 bridgehead atoms. The van der Waals surface area contributed by atoms with Crippen LogP contribution in [0.1, 0.15) is 38.0 Å². The highest BCUT2D eigenvalue weighted by atomic mass is 16.5. The first-order valence-corrected chi connectivity index (χ1v) is 9.36. The number of hydrogen-bond acceptors (Lipinski definition) is 3. The van der Waals surface area contributed by atoms with E-state index in [2.05, 4.69) is 48.7 Å². The van der Waals surface area contributed by atoms with Gasteiger partial charge in [-0.3, -0.25) is 4.99 Å². The zero-order valence-electron chi connectivity index (χ0n) is 16.7. The van der Waals surface area contributed by atoms with E-state index in [1.54, 1.807) is 7.11 Å². The normalized spacial score (nSPS) is 13.1. The molecule has 0 aliphatic heterocycles. The molecule has 5 heteroatoms. The molecular formula is C22H31N3O2. The Bertz CT molecular complexity index is 712. The van der Waals surface area contributed by atoms with Gasteiger partial charge in [0.25, 0.3) is 0 Å². The summed E-state index contributed by atoms with van der Waals surface area (Å²) in [5.41, 5.74) is 2.02. The van der Waals surface area contributed by atoms with Crippen LogP contribution in [0.5, 0.6) is 5.75 Å². The van der Waals surface area contributed by atoms with Crippen LogP contribution in [0.4, 0.5) is 0 Å². The Morgan fingerprint density at radius 1 is 1.07 bits per heavy atom. The summed E-state index contributed by atoms with van der Waals surface area (Å²) in [4.78, 5) is 4.72. The summed E-state index contributed by atoms with van der Waals surface area (Å²) in [5.74, 6) is 1.48. The second-order valence-electron chi connectivity index (χ2n) is 7.11. The molecule has 0 amide bonds. The largest absolute Gasteiger partial charge is 0.497 e. The Balaban J connectivity index is 1.98. The maximum absolute atomic E-state index is 10.4. The lowest BCUT2D eigenvalue weighted by Crippen LogP contribution is -2.40. The van der Waals surface area contributed by atoms with E-state index in [9.17, 15) is 5.11 Å². The third kappa shape index (κ3) is 6.29. The minimum absolute atomic E-state index is 0.0712. The molecular weight excluding hydrogens is 338 g/mol. The van der Waals surface area contributed by atoms with Gasteiger partial charge >= 0.3 is 0 Å². The van der Waals surface area contributed by atoms with Gasteiger partial charge in [-0.2, -0.15) is 0 Å². The number of methoxy groups -OCH3 is 1. The van der Waals surface area contributed by atoms with Gasteiger partial charge in [-0.15, -0.1) is 0 Å². The lowest BCUT2D eigenvalue weighted by atomic mass is 9.85. The van der Waals surface area contributed by atoms with Crippen molar-refractivity contribution >= 4 is 5.96 Å². The molecule has 1 unspecified atom stereocenters. The number of nitrogens with zero attached hydrogens (tertiary/aromatic N) is 1. The third-order valence-corrected chi connectivity index (χ3v) is 4.50. The lowest BCUT2D eigenvalue weighted by Gasteiger charge is -2.24. The number of aliphatic hydroxyl groups excluding tert-OH is 1. The van der Waals surface area contributed by atoms with Crippen LogP contribution in [0.2, 0.25) is 0 Å². The SMILES string of the molecule is CCNC(=NCC(C)(C)c1ccccc1)NCC(O)c1ccc(OC)cc1. The maximum Gasteiger partial charge on any atom is 0.191 e. The minimum Gasteiger partial charge on any atom is -0.497 e. The van der Waals surface area contributed by atoms with Crippen LogP contribution in [0.3, 0.4) is 0 Å². The van der Waals surface area contributed by atoms with E-state index < -0.39 is 6.10 Å². The minimum atomic E-state index is -0.623. The summed E-state index contributed by atoms with van der Waals surface area (Å²) in [7, 11) is 1.63. The van der Waals surface area contributed by atoms with Gasteiger partial charge in [-0.05, 0) is 30.2 Å². The third-order valence-electron chi connectivity index (χ3n) is 4.50. The van der Waals surface area contributed by atoms with E-state index in [0.29, 0.717) is 19.0 Å². The molecule has 0 spiro atoms. The predicted molar refractivity (Wildman–Crippen MR) is 111 cm³/mol. The maximum atomic E-state index is 10.4. The number of hydrogen-bond donors (Lipinski definition) is 3. The van der Waals surface area contributed by atoms with Crippen molar-refractivity contribution in [2.45, 2.75) is 32.3 Å². The van der Waals surface area contributed by atoms with Crippen molar-refractivity contribution < 1.29 is 9.84 Å². The van der Waals surface area contributed by atoms with Crippen LogP contribution in [0.25, 0.3) is 0 Å². The second-order valence-corrected chi connectivity index (χ2v) is 7.11. The molecule has 3 N–H and O–H groups in total. The van der Waals surface area contributed by atoms with Crippen LogP contribution >= 0.6 is 0 Å². The van der Waals surface area contributed by atoms with Gasteiger partial charge in [0.1, 0.15) is 5.75 Å². The van der Waals surface area contributed by atoms with Crippen molar-refractivity contribution in [3.63, 3.8) is 0 Å². The summed E-state index contributed by atoms with van der Waals surface area (Å²) in [6, 6.07) is 17.8. The van der Waals surface area contributed by atoms with E-state index in [4.69, 9.17) is 9.73 Å². The zero-order valence-corrected chi connectivity index (χ0v) is 16.7. The summed E-state index contributed by atoms with van der Waals surface area (Å²) in [6.07, 6.45) is -0.623. The number of aliphatic imine (C=N–C) groups is 1. The van der Waals surface area contributed by atoms with Crippen LogP contribution in [-0.2, 0) is 5.41 Å². The second kappa shape index (κ2) is 9.97. The highest BCUT2D eigenvalue weighted by Crippen LogP contribution is 2.23. The highest BCUT2D eigenvalue weighted by Gasteiger charge is 2.20. The van der Waals surface area contributed by atoms with E-state index in [1.807, 2.05) is 37.3 Å². The lowest BCUT2D eigenvalue weighted by molar-refractivity contribution is 0.180. The van der Waals surface area contributed by atoms with Crippen LogP contribution in [0.15, 0.2) is 59.6 Å². The Hall–Kier alpha value is -2.53. The predicted octanol–water partition coefficient (Wildman–Crippen LogP) is 3.26. The van der Waals surface area contributed by atoms with Crippen molar-refractivity contribution in [1.29, 1.82) is 0 Å². The van der Waals surface area contributed by atoms with Crippen molar-refractivity contribution in [3.8, 4) is 5.75 Å². The number of guanidine groups is 1. The van der Waals surface area contributed by atoms with E-state index in [-0.39, 0.29) is 5.41 Å². The van der Waals surface area contributed by atoms with E-state index in [0.717, 1.165) is 17.9 Å². The number of aliphatic hydroxyl groups is 1. The molecule has 2 rings (SSSR count). The van der Waals surface area contributed by atoms with Gasteiger partial charge < -0.3 is 20.5 Å². The quantitative estimate of drug-likeness (QED) is 0.494. The molecule has 27 heavy (non-hydrogen) atoms. The molecule has 0 aliphatic carbocycles. The number of rotatable bonds is 8. The van der Waals surface area contributed by atoms with Crippen molar-refractivity contribution in [2.24, 2.45) is 4.99 Å². The highest BCUT2D eigenvalue weighted by molar-refractivity contribution is 5.79. The Kier molecular flexibility index (Phi) is 7.67. The Morgan fingerprint density at radius 3 is 2.33 bits per heavy atom. The molecule has 0 saturated carbocycles. The van der Waals surface area contributed by atoms with Crippen LogP contribution in [-0.4, -0.2) is 37.8 Å². The van der Waals surface area contributed by atoms with Crippen LogP contribution < -0.4 is 15.4 Å². The van der Waals surface area contributed by atoms with Crippen molar-refractivity contribution in [3.05, 3.63) is 65.7 Å². The average molecular weight is 370 g/mol. The van der Waals surface area contributed by atoms with Crippen molar-refractivity contribution in [1.82, 2.24) is 10.6 Å².